The predicted molar refractivity (Wildman–Crippen MR) is 92.8 cm³/mol. The molecule has 2 aromatic rings. The van der Waals surface area contributed by atoms with E-state index >= 15 is 0 Å². The standard InChI is InChI=1S/C20H23NO2/c1-2-23-20(22)14-9-15-21(16-18-10-5-3-6-11-18)17-19-12-7-4-8-13-19/h3-14H,2,15-17H2,1H3/b14-9+/i14+1. The van der Waals surface area contributed by atoms with Gasteiger partial charge in [0.15, 0.2) is 0 Å². The van der Waals surface area contributed by atoms with Crippen LogP contribution < -0.4 is 0 Å². The van der Waals surface area contributed by atoms with Crippen molar-refractivity contribution >= 4 is 5.97 Å². The maximum absolute atomic E-state index is 11.4. The van der Waals surface area contributed by atoms with Crippen LogP contribution in [-0.2, 0) is 22.6 Å². The number of carbonyl (C=O) groups excluding carboxylic acids is 1. The fraction of sp³-hybridized carbons (Fsp3) is 0.250. The molecule has 0 spiro atoms. The van der Waals surface area contributed by atoms with Gasteiger partial charge in [0, 0.05) is 25.7 Å². The second-order valence-corrected chi connectivity index (χ2v) is 5.30. The van der Waals surface area contributed by atoms with E-state index in [1.54, 1.807) is 0 Å². The summed E-state index contributed by atoms with van der Waals surface area (Å²) in [4.78, 5) is 13.7. The van der Waals surface area contributed by atoms with Crippen molar-refractivity contribution in [1.29, 1.82) is 0 Å². The van der Waals surface area contributed by atoms with Crippen molar-refractivity contribution in [3.8, 4) is 0 Å². The Bertz CT molecular complexity index is 567. The number of hydrogen-bond acceptors (Lipinski definition) is 3. The highest BCUT2D eigenvalue weighted by Crippen LogP contribution is 2.10. The van der Waals surface area contributed by atoms with Gasteiger partial charge in [0.1, 0.15) is 0 Å². The smallest absolute Gasteiger partial charge is 0.330 e. The normalized spacial score (nSPS) is 11.0. The van der Waals surface area contributed by atoms with Gasteiger partial charge in [0.2, 0.25) is 0 Å². The number of benzene rings is 2. The molecule has 3 nitrogen and oxygen atoms in total. The molecule has 3 heteroatoms. The molecular weight excluding hydrogens is 287 g/mol. The molecule has 0 saturated carbocycles. The van der Waals surface area contributed by atoms with E-state index in [0.717, 1.165) is 13.1 Å². The molecule has 0 aromatic heterocycles. The summed E-state index contributed by atoms with van der Waals surface area (Å²) < 4.78 is 4.92. The van der Waals surface area contributed by atoms with Crippen LogP contribution in [0.4, 0.5) is 0 Å². The third-order valence-electron chi connectivity index (χ3n) is 3.40. The van der Waals surface area contributed by atoms with Crippen LogP contribution in [0, 0.1) is 0 Å². The predicted octanol–water partition coefficient (Wildman–Crippen LogP) is 3.81. The molecule has 23 heavy (non-hydrogen) atoms. The average Bonchev–Trinajstić information content (AvgIpc) is 2.57. The molecule has 0 atom stereocenters. The van der Waals surface area contributed by atoms with E-state index in [0.29, 0.717) is 13.2 Å². The van der Waals surface area contributed by atoms with Gasteiger partial charge in [-0.3, -0.25) is 4.90 Å². The van der Waals surface area contributed by atoms with Crippen LogP contribution in [0.2, 0.25) is 0 Å². The molecule has 2 aromatic carbocycles. The molecule has 0 aliphatic carbocycles. The fourth-order valence-corrected chi connectivity index (χ4v) is 2.36. The van der Waals surface area contributed by atoms with Crippen molar-refractivity contribution in [2.75, 3.05) is 13.2 Å². The largest absolute Gasteiger partial charge is 0.463 e. The molecule has 0 aliphatic heterocycles. The maximum Gasteiger partial charge on any atom is 0.330 e. The summed E-state index contributed by atoms with van der Waals surface area (Å²) in [5.41, 5.74) is 2.51. The van der Waals surface area contributed by atoms with Crippen molar-refractivity contribution in [3.63, 3.8) is 0 Å². The van der Waals surface area contributed by atoms with E-state index in [2.05, 4.69) is 29.2 Å². The summed E-state index contributed by atoms with van der Waals surface area (Å²) in [7, 11) is 0. The molecule has 2 rings (SSSR count). The van der Waals surface area contributed by atoms with E-state index in [1.807, 2.05) is 49.4 Å². The third-order valence-corrected chi connectivity index (χ3v) is 3.40. The molecule has 0 amide bonds. The van der Waals surface area contributed by atoms with Crippen LogP contribution in [0.15, 0.2) is 72.8 Å². The second kappa shape index (κ2) is 9.59. The minimum absolute atomic E-state index is 0.285. The number of nitrogens with zero attached hydrogens (tertiary/aromatic N) is 1. The molecule has 0 fully saturated rings. The van der Waals surface area contributed by atoms with Gasteiger partial charge in [-0.15, -0.1) is 0 Å². The first-order valence-corrected chi connectivity index (χ1v) is 7.91. The van der Waals surface area contributed by atoms with Crippen molar-refractivity contribution in [2.24, 2.45) is 0 Å². The number of esters is 1. The molecule has 120 valence electrons. The van der Waals surface area contributed by atoms with Gasteiger partial charge in [-0.2, -0.15) is 0 Å². The zero-order valence-electron chi connectivity index (χ0n) is 13.5. The van der Waals surface area contributed by atoms with Gasteiger partial charge in [0.25, 0.3) is 0 Å². The van der Waals surface area contributed by atoms with Crippen LogP contribution in [0.1, 0.15) is 18.1 Å². The van der Waals surface area contributed by atoms with Gasteiger partial charge >= 0.3 is 5.97 Å². The van der Waals surface area contributed by atoms with Crippen molar-refractivity contribution in [2.45, 2.75) is 20.0 Å². The molecule has 0 N–H and O–H groups in total. The average molecular weight is 310 g/mol. The summed E-state index contributed by atoms with van der Waals surface area (Å²) in [6.45, 7) is 4.58. The lowest BCUT2D eigenvalue weighted by Gasteiger charge is -2.21. The minimum Gasteiger partial charge on any atom is -0.463 e. The summed E-state index contributed by atoms with van der Waals surface area (Å²) >= 11 is 0. The van der Waals surface area contributed by atoms with Crippen LogP contribution in [0.25, 0.3) is 0 Å². The van der Waals surface area contributed by atoms with E-state index in [4.69, 9.17) is 4.74 Å². The van der Waals surface area contributed by atoms with Crippen molar-refractivity contribution < 1.29 is 9.53 Å². The van der Waals surface area contributed by atoms with Crippen molar-refractivity contribution in [3.05, 3.63) is 83.9 Å². The van der Waals surface area contributed by atoms with E-state index in [9.17, 15) is 4.79 Å². The third kappa shape index (κ3) is 6.49. The summed E-state index contributed by atoms with van der Waals surface area (Å²) in [5.74, 6) is -0.285. The van der Waals surface area contributed by atoms with Gasteiger partial charge in [-0.1, -0.05) is 66.7 Å². The highest BCUT2D eigenvalue weighted by Gasteiger charge is 2.06. The lowest BCUT2D eigenvalue weighted by molar-refractivity contribution is -0.137. The van der Waals surface area contributed by atoms with Crippen LogP contribution in [-0.4, -0.2) is 24.0 Å². The summed E-state index contributed by atoms with van der Waals surface area (Å²) in [6.07, 6.45) is 3.37. The van der Waals surface area contributed by atoms with E-state index in [-0.39, 0.29) is 5.97 Å². The first-order valence-electron chi connectivity index (χ1n) is 7.91. The Morgan fingerprint density at radius 2 is 1.48 bits per heavy atom. The molecule has 0 aliphatic rings. The van der Waals surface area contributed by atoms with Gasteiger partial charge in [-0.25, -0.2) is 4.79 Å². The fourth-order valence-electron chi connectivity index (χ4n) is 2.36. The Morgan fingerprint density at radius 3 is 1.96 bits per heavy atom. The molecule has 0 heterocycles. The Balaban J connectivity index is 2.00. The lowest BCUT2D eigenvalue weighted by Crippen LogP contribution is -2.23. The lowest BCUT2D eigenvalue weighted by atomic mass is 10.1. The van der Waals surface area contributed by atoms with E-state index in [1.165, 1.54) is 17.2 Å². The van der Waals surface area contributed by atoms with Crippen molar-refractivity contribution in [1.82, 2.24) is 4.90 Å². The SMILES string of the molecule is CCOC(=O)/[13CH]=C/CN(Cc1ccccc1)Cc1ccccc1. The first kappa shape index (κ1) is 17.0. The zero-order chi connectivity index (χ0) is 16.3. The van der Waals surface area contributed by atoms with Crippen LogP contribution in [0.3, 0.4) is 0 Å². The minimum atomic E-state index is -0.285. The number of rotatable bonds is 8. The van der Waals surface area contributed by atoms with E-state index < -0.39 is 0 Å². The Hall–Kier alpha value is -2.39. The highest BCUT2D eigenvalue weighted by atomic mass is 16.5. The monoisotopic (exact) mass is 310 g/mol. The Kier molecular flexibility index (Phi) is 7.08. The number of hydrogen-bond donors (Lipinski definition) is 0. The summed E-state index contributed by atoms with van der Waals surface area (Å²) in [6, 6.07) is 20.7. The Labute approximate surface area is 138 Å². The number of ether oxygens (including phenoxy) is 1. The maximum atomic E-state index is 11.4. The van der Waals surface area contributed by atoms with Gasteiger partial charge in [-0.05, 0) is 18.1 Å². The highest BCUT2D eigenvalue weighted by molar-refractivity contribution is 5.81. The topological polar surface area (TPSA) is 29.5 Å². The van der Waals surface area contributed by atoms with Crippen LogP contribution in [0.5, 0.6) is 0 Å². The van der Waals surface area contributed by atoms with Gasteiger partial charge in [0.05, 0.1) is 6.61 Å². The number of carbonyl (C=O) groups is 1. The molecule has 0 unspecified atom stereocenters. The molecule has 0 bridgehead atoms. The van der Waals surface area contributed by atoms with Crippen LogP contribution >= 0.6 is 0 Å². The second-order valence-electron chi connectivity index (χ2n) is 5.30. The zero-order valence-corrected chi connectivity index (χ0v) is 13.5. The quantitative estimate of drug-likeness (QED) is 0.422. The first-order chi connectivity index (χ1) is 11.3. The molecule has 0 radical (unpaired) electrons. The summed E-state index contributed by atoms with van der Waals surface area (Å²) in [5, 5.41) is 0. The molecule has 0 saturated heterocycles. The molecular formula is C20H23NO2. The Morgan fingerprint density at radius 1 is 0.957 bits per heavy atom. The van der Waals surface area contributed by atoms with Gasteiger partial charge < -0.3 is 4.74 Å².